The van der Waals surface area contributed by atoms with Crippen LogP contribution in [0.15, 0.2) is 29.4 Å². The van der Waals surface area contributed by atoms with Crippen LogP contribution < -0.4 is 10.1 Å². The summed E-state index contributed by atoms with van der Waals surface area (Å²) in [4.78, 5) is 12.2. The molecular formula is C22H32N4O2S. The zero-order valence-electron chi connectivity index (χ0n) is 17.5. The average Bonchev–Trinajstić information content (AvgIpc) is 3.20. The third-order valence-corrected chi connectivity index (χ3v) is 6.33. The highest BCUT2D eigenvalue weighted by molar-refractivity contribution is 7.99. The molecule has 0 spiro atoms. The van der Waals surface area contributed by atoms with Gasteiger partial charge in [-0.2, -0.15) is 0 Å². The largest absolute Gasteiger partial charge is 0.497 e. The van der Waals surface area contributed by atoms with Crippen LogP contribution in [0.1, 0.15) is 64.3 Å². The summed E-state index contributed by atoms with van der Waals surface area (Å²) < 4.78 is 7.54. The first-order chi connectivity index (χ1) is 14.2. The van der Waals surface area contributed by atoms with Gasteiger partial charge in [-0.05, 0) is 43.5 Å². The molecule has 7 heteroatoms. The lowest BCUT2D eigenvalue weighted by molar-refractivity contribution is -0.118. The van der Waals surface area contributed by atoms with E-state index in [4.69, 9.17) is 4.74 Å². The van der Waals surface area contributed by atoms with Crippen molar-refractivity contribution in [1.29, 1.82) is 0 Å². The zero-order chi connectivity index (χ0) is 20.5. The Balaban J connectivity index is 1.74. The Labute approximate surface area is 177 Å². The molecule has 0 radical (unpaired) electrons. The molecule has 0 saturated heterocycles. The van der Waals surface area contributed by atoms with Crippen LogP contribution in [-0.2, 0) is 4.79 Å². The Morgan fingerprint density at radius 2 is 1.93 bits per heavy atom. The number of thioether (sulfide) groups is 1. The van der Waals surface area contributed by atoms with Crippen molar-refractivity contribution in [2.45, 2.75) is 69.5 Å². The number of benzene rings is 1. The smallest absolute Gasteiger partial charge is 0.230 e. The van der Waals surface area contributed by atoms with Crippen LogP contribution in [0.5, 0.6) is 5.75 Å². The maximum absolute atomic E-state index is 12.2. The van der Waals surface area contributed by atoms with E-state index in [0.717, 1.165) is 60.9 Å². The van der Waals surface area contributed by atoms with Gasteiger partial charge < -0.3 is 10.1 Å². The molecule has 29 heavy (non-hydrogen) atoms. The number of hydrogen-bond donors (Lipinski definition) is 1. The monoisotopic (exact) mass is 416 g/mol. The lowest BCUT2D eigenvalue weighted by atomic mass is 9.95. The van der Waals surface area contributed by atoms with Crippen molar-refractivity contribution in [3.8, 4) is 17.1 Å². The number of methoxy groups -OCH3 is 1. The fourth-order valence-electron chi connectivity index (χ4n) is 3.76. The number of carbonyl (C=O) groups excluding carboxylic acids is 1. The molecule has 1 heterocycles. The van der Waals surface area contributed by atoms with E-state index in [9.17, 15) is 4.79 Å². The first-order valence-electron chi connectivity index (χ1n) is 10.7. The van der Waals surface area contributed by atoms with Crippen molar-refractivity contribution < 1.29 is 9.53 Å². The maximum Gasteiger partial charge on any atom is 0.230 e. The molecule has 3 rings (SSSR count). The predicted molar refractivity (Wildman–Crippen MR) is 117 cm³/mol. The summed E-state index contributed by atoms with van der Waals surface area (Å²) >= 11 is 1.49. The quantitative estimate of drug-likeness (QED) is 0.443. The van der Waals surface area contributed by atoms with Gasteiger partial charge in [-0.25, -0.2) is 0 Å². The van der Waals surface area contributed by atoms with Crippen molar-refractivity contribution in [2.24, 2.45) is 0 Å². The molecule has 1 amide bonds. The molecule has 0 atom stereocenters. The zero-order valence-corrected chi connectivity index (χ0v) is 18.3. The van der Waals surface area contributed by atoms with Gasteiger partial charge in [-0.15, -0.1) is 10.2 Å². The number of nitrogens with one attached hydrogen (secondary N) is 1. The summed E-state index contributed by atoms with van der Waals surface area (Å²) in [6.07, 6.45) is 9.36. The molecule has 6 nitrogen and oxygen atoms in total. The molecular weight excluding hydrogens is 384 g/mol. The number of nitrogens with zero attached hydrogens (tertiary/aromatic N) is 3. The molecule has 1 aliphatic carbocycles. The highest BCUT2D eigenvalue weighted by Crippen LogP contribution is 2.35. The van der Waals surface area contributed by atoms with Crippen molar-refractivity contribution >= 4 is 17.7 Å². The first kappa shape index (κ1) is 21.7. The van der Waals surface area contributed by atoms with Crippen LogP contribution in [0.4, 0.5) is 0 Å². The second-order valence-electron chi connectivity index (χ2n) is 7.54. The molecule has 2 aromatic rings. The molecule has 158 valence electrons. The SMILES string of the molecule is CCCCCNC(=O)CSc1nnc(-c2ccc(OC)cc2)n1C1CCCCC1. The second-order valence-corrected chi connectivity index (χ2v) is 8.48. The maximum atomic E-state index is 12.2. The predicted octanol–water partition coefficient (Wildman–Crippen LogP) is 4.86. The van der Waals surface area contributed by atoms with Gasteiger partial charge in [0.25, 0.3) is 0 Å². The topological polar surface area (TPSA) is 69.0 Å². The Bertz CT molecular complexity index is 770. The van der Waals surface area contributed by atoms with Gasteiger partial charge in [-0.1, -0.05) is 50.8 Å². The van der Waals surface area contributed by atoms with Crippen molar-refractivity contribution in [1.82, 2.24) is 20.1 Å². The van der Waals surface area contributed by atoms with E-state index in [2.05, 4.69) is 27.0 Å². The number of ether oxygens (including phenoxy) is 1. The summed E-state index contributed by atoms with van der Waals surface area (Å²) in [6, 6.07) is 8.34. The van der Waals surface area contributed by atoms with E-state index in [1.165, 1.54) is 31.0 Å². The minimum atomic E-state index is 0.0651. The summed E-state index contributed by atoms with van der Waals surface area (Å²) in [5.74, 6) is 2.15. The lowest BCUT2D eigenvalue weighted by Crippen LogP contribution is -2.26. The van der Waals surface area contributed by atoms with Gasteiger partial charge >= 0.3 is 0 Å². The molecule has 1 aliphatic rings. The highest BCUT2D eigenvalue weighted by atomic mass is 32.2. The van der Waals surface area contributed by atoms with Gasteiger partial charge in [0.05, 0.1) is 12.9 Å². The summed E-state index contributed by atoms with van der Waals surface area (Å²) in [5, 5.41) is 12.8. The Kier molecular flexibility index (Phi) is 8.40. The fourth-order valence-corrected chi connectivity index (χ4v) is 4.60. The molecule has 1 aromatic carbocycles. The molecule has 1 fully saturated rings. The summed E-state index contributed by atoms with van der Waals surface area (Å²) in [7, 11) is 1.67. The number of amides is 1. The van der Waals surface area contributed by atoms with Crippen LogP contribution in [0, 0.1) is 0 Å². The van der Waals surface area contributed by atoms with Crippen molar-refractivity contribution in [3.05, 3.63) is 24.3 Å². The van der Waals surface area contributed by atoms with E-state index in [1.54, 1.807) is 7.11 Å². The van der Waals surface area contributed by atoms with E-state index < -0.39 is 0 Å². The van der Waals surface area contributed by atoms with Crippen molar-refractivity contribution in [2.75, 3.05) is 19.4 Å². The Hall–Kier alpha value is -2.02. The average molecular weight is 417 g/mol. The van der Waals surface area contributed by atoms with Gasteiger partial charge in [-0.3, -0.25) is 9.36 Å². The normalized spacial score (nSPS) is 14.7. The van der Waals surface area contributed by atoms with Crippen LogP contribution in [0.2, 0.25) is 0 Å². The Morgan fingerprint density at radius 1 is 1.17 bits per heavy atom. The fraction of sp³-hybridized carbons (Fsp3) is 0.591. The number of unbranched alkanes of at least 4 members (excludes halogenated alkanes) is 2. The van der Waals surface area contributed by atoms with E-state index in [0.29, 0.717) is 11.8 Å². The minimum Gasteiger partial charge on any atom is -0.497 e. The van der Waals surface area contributed by atoms with Crippen molar-refractivity contribution in [3.63, 3.8) is 0 Å². The molecule has 1 saturated carbocycles. The molecule has 1 aromatic heterocycles. The number of rotatable bonds is 10. The highest BCUT2D eigenvalue weighted by Gasteiger charge is 2.24. The van der Waals surface area contributed by atoms with E-state index in [-0.39, 0.29) is 5.91 Å². The number of hydrogen-bond acceptors (Lipinski definition) is 5. The summed E-state index contributed by atoms with van der Waals surface area (Å²) in [6.45, 7) is 2.91. The molecule has 0 unspecified atom stereocenters. The second kappa shape index (κ2) is 11.2. The van der Waals surface area contributed by atoms with Crippen LogP contribution in [0.25, 0.3) is 11.4 Å². The minimum absolute atomic E-state index is 0.0651. The third kappa shape index (κ3) is 5.98. The van der Waals surface area contributed by atoms with Crippen LogP contribution in [0.3, 0.4) is 0 Å². The van der Waals surface area contributed by atoms with Crippen LogP contribution >= 0.6 is 11.8 Å². The molecule has 1 N–H and O–H groups in total. The summed E-state index contributed by atoms with van der Waals surface area (Å²) in [5.41, 5.74) is 1.03. The molecule has 0 bridgehead atoms. The lowest BCUT2D eigenvalue weighted by Gasteiger charge is -2.25. The van der Waals surface area contributed by atoms with E-state index in [1.807, 2.05) is 24.3 Å². The third-order valence-electron chi connectivity index (χ3n) is 5.39. The number of carbonyl (C=O) groups is 1. The van der Waals surface area contributed by atoms with E-state index >= 15 is 0 Å². The van der Waals surface area contributed by atoms with Crippen LogP contribution in [-0.4, -0.2) is 40.1 Å². The first-order valence-corrected chi connectivity index (χ1v) is 11.7. The van der Waals surface area contributed by atoms with Gasteiger partial charge in [0.1, 0.15) is 5.75 Å². The Morgan fingerprint density at radius 3 is 2.62 bits per heavy atom. The van der Waals surface area contributed by atoms with Gasteiger partial charge in [0.2, 0.25) is 5.91 Å². The van der Waals surface area contributed by atoms with Gasteiger partial charge in [0.15, 0.2) is 11.0 Å². The molecule has 0 aliphatic heterocycles. The number of aromatic nitrogens is 3. The van der Waals surface area contributed by atoms with Gasteiger partial charge in [0, 0.05) is 18.2 Å². The standard InChI is InChI=1S/C22H32N4O2S/c1-3-4-8-15-23-20(27)16-29-22-25-24-21(17-11-13-19(28-2)14-12-17)26(22)18-9-6-5-7-10-18/h11-14,18H,3-10,15-16H2,1-2H3,(H,23,27).